The zero-order valence-corrected chi connectivity index (χ0v) is 12.2. The zero-order valence-electron chi connectivity index (χ0n) is 12.2. The molecule has 0 atom stereocenters. The first-order valence-electron chi connectivity index (χ1n) is 7.25. The predicted octanol–water partition coefficient (Wildman–Crippen LogP) is 1.48. The highest BCUT2D eigenvalue weighted by Crippen LogP contribution is 2.18. The highest BCUT2D eigenvalue weighted by atomic mass is 16.2. The molecule has 1 aliphatic rings. The van der Waals surface area contributed by atoms with Crippen molar-refractivity contribution in [2.75, 3.05) is 6.54 Å². The summed E-state index contributed by atoms with van der Waals surface area (Å²) in [6.45, 7) is 3.14. The molecule has 0 aliphatic carbocycles. The van der Waals surface area contributed by atoms with Crippen LogP contribution in [0.15, 0.2) is 30.3 Å². The first-order chi connectivity index (χ1) is 10.1. The summed E-state index contributed by atoms with van der Waals surface area (Å²) in [4.78, 5) is 37.2. The molecule has 112 valence electrons. The van der Waals surface area contributed by atoms with Crippen LogP contribution in [0.2, 0.25) is 0 Å². The largest absolute Gasteiger partial charge is 0.338 e. The van der Waals surface area contributed by atoms with E-state index in [0.717, 1.165) is 12.0 Å². The van der Waals surface area contributed by atoms with Crippen LogP contribution in [0.3, 0.4) is 0 Å². The topological polar surface area (TPSA) is 66.5 Å². The van der Waals surface area contributed by atoms with Crippen molar-refractivity contribution in [1.29, 1.82) is 0 Å². The number of carbonyl (C=O) groups excluding carboxylic acids is 3. The third-order valence-corrected chi connectivity index (χ3v) is 3.51. The minimum Gasteiger partial charge on any atom is -0.338 e. The molecule has 21 heavy (non-hydrogen) atoms. The van der Waals surface area contributed by atoms with Crippen molar-refractivity contribution < 1.29 is 14.4 Å². The fourth-order valence-corrected chi connectivity index (χ4v) is 2.55. The number of nitrogens with zero attached hydrogens (tertiary/aromatic N) is 1. The Morgan fingerprint density at radius 3 is 2.38 bits per heavy atom. The van der Waals surface area contributed by atoms with E-state index in [1.165, 1.54) is 0 Å². The quantitative estimate of drug-likeness (QED) is 0.835. The minimum absolute atomic E-state index is 0.0968. The molecule has 1 N–H and O–H groups in total. The van der Waals surface area contributed by atoms with Gasteiger partial charge in [-0.25, -0.2) is 0 Å². The van der Waals surface area contributed by atoms with Crippen LogP contribution in [0.4, 0.5) is 0 Å². The van der Waals surface area contributed by atoms with Crippen molar-refractivity contribution in [3.05, 3.63) is 35.9 Å². The van der Waals surface area contributed by atoms with Gasteiger partial charge in [0.25, 0.3) is 0 Å². The summed E-state index contributed by atoms with van der Waals surface area (Å²) in [6, 6.07) is 9.73. The summed E-state index contributed by atoms with van der Waals surface area (Å²) >= 11 is 0. The summed E-state index contributed by atoms with van der Waals surface area (Å²) in [5.41, 5.74) is 1.05. The number of piperidine rings is 1. The summed E-state index contributed by atoms with van der Waals surface area (Å²) in [5.74, 6) is -1.35. The number of hydrogen-bond acceptors (Lipinski definition) is 3. The maximum absolute atomic E-state index is 12.6. The molecule has 5 heteroatoms. The van der Waals surface area contributed by atoms with Crippen LogP contribution in [0.1, 0.15) is 31.7 Å². The van der Waals surface area contributed by atoms with Gasteiger partial charge in [0, 0.05) is 25.9 Å². The molecular weight excluding hydrogens is 268 g/mol. The number of benzene rings is 1. The monoisotopic (exact) mass is 288 g/mol. The minimum atomic E-state index is -0.526. The molecule has 5 nitrogen and oxygen atoms in total. The molecule has 1 heterocycles. The van der Waals surface area contributed by atoms with Gasteiger partial charge >= 0.3 is 0 Å². The van der Waals surface area contributed by atoms with E-state index < -0.39 is 5.92 Å². The molecule has 0 aromatic heterocycles. The van der Waals surface area contributed by atoms with E-state index in [1.54, 1.807) is 4.90 Å². The normalized spacial score (nSPS) is 15.7. The predicted molar refractivity (Wildman–Crippen MR) is 78.0 cm³/mol. The van der Waals surface area contributed by atoms with E-state index in [0.29, 0.717) is 13.1 Å². The van der Waals surface area contributed by atoms with Crippen molar-refractivity contribution in [2.24, 2.45) is 5.92 Å². The summed E-state index contributed by atoms with van der Waals surface area (Å²) in [6.07, 6.45) is 1.03. The Labute approximate surface area is 124 Å². The van der Waals surface area contributed by atoms with Crippen molar-refractivity contribution >= 4 is 17.7 Å². The van der Waals surface area contributed by atoms with E-state index in [2.05, 4.69) is 5.32 Å². The number of hydrogen-bond donors (Lipinski definition) is 1. The summed E-state index contributed by atoms with van der Waals surface area (Å²) in [7, 11) is 0. The first-order valence-corrected chi connectivity index (χ1v) is 7.25. The van der Waals surface area contributed by atoms with E-state index in [-0.39, 0.29) is 30.6 Å². The van der Waals surface area contributed by atoms with Gasteiger partial charge in [0.1, 0.15) is 0 Å². The number of imide groups is 1. The third-order valence-electron chi connectivity index (χ3n) is 3.51. The molecule has 1 fully saturated rings. The van der Waals surface area contributed by atoms with Crippen LogP contribution in [-0.2, 0) is 20.9 Å². The second kappa shape index (κ2) is 7.02. The Hall–Kier alpha value is -2.17. The average Bonchev–Trinajstić information content (AvgIpc) is 2.46. The number of rotatable bonds is 5. The van der Waals surface area contributed by atoms with E-state index >= 15 is 0 Å². The molecule has 0 bridgehead atoms. The van der Waals surface area contributed by atoms with Crippen LogP contribution in [-0.4, -0.2) is 29.2 Å². The van der Waals surface area contributed by atoms with Gasteiger partial charge in [-0.1, -0.05) is 37.3 Å². The lowest BCUT2D eigenvalue weighted by Gasteiger charge is -2.28. The fourth-order valence-electron chi connectivity index (χ4n) is 2.55. The molecular formula is C16H20N2O3. The number of carbonyl (C=O) groups is 3. The van der Waals surface area contributed by atoms with Crippen LogP contribution in [0.25, 0.3) is 0 Å². The van der Waals surface area contributed by atoms with Gasteiger partial charge in [-0.15, -0.1) is 0 Å². The Bertz CT molecular complexity index is 512. The molecule has 1 aliphatic heterocycles. The molecule has 3 amide bonds. The smallest absolute Gasteiger partial charge is 0.227 e. The Kier molecular flexibility index (Phi) is 5.09. The standard InChI is InChI=1S/C16H20N2O3/c1-2-8-18(11-12-6-4-3-5-7-12)16(21)13-9-14(19)17-15(20)10-13/h3-7,13H,2,8-11H2,1H3,(H,17,19,20). The van der Waals surface area contributed by atoms with Crippen molar-refractivity contribution in [3.8, 4) is 0 Å². The van der Waals surface area contributed by atoms with Gasteiger partial charge in [-0.05, 0) is 12.0 Å². The molecule has 0 radical (unpaired) electrons. The molecule has 1 aromatic rings. The number of amides is 3. The Morgan fingerprint density at radius 2 is 1.81 bits per heavy atom. The molecule has 2 rings (SSSR count). The average molecular weight is 288 g/mol. The van der Waals surface area contributed by atoms with E-state index in [1.807, 2.05) is 37.3 Å². The van der Waals surface area contributed by atoms with Crippen molar-refractivity contribution in [1.82, 2.24) is 10.2 Å². The molecule has 0 unspecified atom stereocenters. The lowest BCUT2D eigenvalue weighted by molar-refractivity contribution is -0.145. The third kappa shape index (κ3) is 4.15. The molecule has 1 saturated heterocycles. The van der Waals surface area contributed by atoms with Gasteiger partial charge in [0.2, 0.25) is 17.7 Å². The SMILES string of the molecule is CCCN(Cc1ccccc1)C(=O)C1CC(=O)NC(=O)C1. The second-order valence-corrected chi connectivity index (χ2v) is 5.32. The van der Waals surface area contributed by atoms with Gasteiger partial charge in [0.05, 0.1) is 5.92 Å². The van der Waals surface area contributed by atoms with Gasteiger partial charge in [-0.3, -0.25) is 19.7 Å². The van der Waals surface area contributed by atoms with Crippen molar-refractivity contribution in [2.45, 2.75) is 32.7 Å². The van der Waals surface area contributed by atoms with Crippen LogP contribution in [0, 0.1) is 5.92 Å². The van der Waals surface area contributed by atoms with Gasteiger partial charge in [0.15, 0.2) is 0 Å². The number of nitrogens with one attached hydrogen (secondary N) is 1. The van der Waals surface area contributed by atoms with Crippen LogP contribution in [0.5, 0.6) is 0 Å². The highest BCUT2D eigenvalue weighted by Gasteiger charge is 2.32. The first kappa shape index (κ1) is 15.2. The molecule has 0 spiro atoms. The van der Waals surface area contributed by atoms with Gasteiger partial charge in [-0.2, -0.15) is 0 Å². The molecule has 1 aromatic carbocycles. The second-order valence-electron chi connectivity index (χ2n) is 5.32. The van der Waals surface area contributed by atoms with Crippen molar-refractivity contribution in [3.63, 3.8) is 0 Å². The Morgan fingerprint density at radius 1 is 1.19 bits per heavy atom. The van der Waals surface area contributed by atoms with Crippen LogP contribution >= 0.6 is 0 Å². The zero-order chi connectivity index (χ0) is 15.2. The fraction of sp³-hybridized carbons (Fsp3) is 0.438. The lowest BCUT2D eigenvalue weighted by atomic mass is 9.95. The summed E-state index contributed by atoms with van der Waals surface area (Å²) < 4.78 is 0. The molecule has 0 saturated carbocycles. The lowest BCUT2D eigenvalue weighted by Crippen LogP contribution is -2.45. The van der Waals surface area contributed by atoms with E-state index in [4.69, 9.17) is 0 Å². The van der Waals surface area contributed by atoms with E-state index in [9.17, 15) is 14.4 Å². The maximum Gasteiger partial charge on any atom is 0.227 e. The maximum atomic E-state index is 12.6. The Balaban J connectivity index is 2.08. The van der Waals surface area contributed by atoms with Gasteiger partial charge < -0.3 is 4.90 Å². The van der Waals surface area contributed by atoms with Crippen LogP contribution < -0.4 is 5.32 Å². The highest BCUT2D eigenvalue weighted by molar-refractivity contribution is 6.02. The summed E-state index contributed by atoms with van der Waals surface area (Å²) in [5, 5.41) is 2.24.